The second kappa shape index (κ2) is 9.77. The van der Waals surface area contributed by atoms with Crippen LogP contribution >= 0.6 is 11.3 Å². The number of pyridine rings is 1. The van der Waals surface area contributed by atoms with Crippen LogP contribution in [-0.2, 0) is 22.4 Å². The quantitative estimate of drug-likeness (QED) is 0.300. The zero-order valence-electron chi connectivity index (χ0n) is 18.9. The SMILES string of the molecule is CCOc1ccc2nc(NC(=O)COC(=O)c3c4c(nc5ccccc35)CCCCC4)sc2c1. The molecule has 0 bridgehead atoms. The number of aryl methyl sites for hydroxylation is 1. The van der Waals surface area contributed by atoms with E-state index < -0.39 is 11.9 Å². The van der Waals surface area contributed by atoms with Crippen LogP contribution in [0.25, 0.3) is 21.1 Å². The van der Waals surface area contributed by atoms with Gasteiger partial charge in [0, 0.05) is 11.1 Å². The van der Waals surface area contributed by atoms with Crippen LogP contribution in [0.15, 0.2) is 42.5 Å². The van der Waals surface area contributed by atoms with Crippen LogP contribution in [-0.4, -0.2) is 35.1 Å². The van der Waals surface area contributed by atoms with E-state index in [0.717, 1.165) is 70.2 Å². The molecule has 34 heavy (non-hydrogen) atoms. The molecule has 0 unspecified atom stereocenters. The monoisotopic (exact) mass is 475 g/mol. The number of aromatic nitrogens is 2. The van der Waals surface area contributed by atoms with Gasteiger partial charge >= 0.3 is 5.97 Å². The summed E-state index contributed by atoms with van der Waals surface area (Å²) in [5.41, 5.74) is 4.01. The Morgan fingerprint density at radius 1 is 1.03 bits per heavy atom. The van der Waals surface area contributed by atoms with Crippen LogP contribution in [0.2, 0.25) is 0 Å². The zero-order chi connectivity index (χ0) is 23.5. The highest BCUT2D eigenvalue weighted by molar-refractivity contribution is 7.22. The van der Waals surface area contributed by atoms with Crippen molar-refractivity contribution < 1.29 is 19.1 Å². The number of thiazole rings is 1. The number of nitrogens with one attached hydrogen (secondary N) is 1. The van der Waals surface area contributed by atoms with Gasteiger partial charge < -0.3 is 9.47 Å². The minimum atomic E-state index is -0.488. The van der Waals surface area contributed by atoms with E-state index in [1.165, 1.54) is 11.3 Å². The summed E-state index contributed by atoms with van der Waals surface area (Å²) in [6, 6.07) is 13.2. The standard InChI is InChI=1S/C26H25N3O4S/c1-2-32-16-12-13-21-22(14-16)34-26(28-21)29-23(30)15-33-25(31)24-17-8-4-3-5-10-19(17)27-20-11-7-6-9-18(20)24/h6-7,9,11-14H,2-5,8,10,15H2,1H3,(H,28,29,30). The molecular formula is C26H25N3O4S. The number of ether oxygens (including phenoxy) is 2. The van der Waals surface area contributed by atoms with Crippen LogP contribution in [0.4, 0.5) is 5.13 Å². The maximum atomic E-state index is 13.2. The van der Waals surface area contributed by atoms with E-state index in [1.54, 1.807) is 0 Å². The molecule has 2 aromatic carbocycles. The Labute approximate surface area is 201 Å². The molecule has 1 N–H and O–H groups in total. The van der Waals surface area contributed by atoms with E-state index in [2.05, 4.69) is 10.3 Å². The highest BCUT2D eigenvalue weighted by atomic mass is 32.1. The average Bonchev–Trinajstić information content (AvgIpc) is 3.08. The van der Waals surface area contributed by atoms with Crippen LogP contribution in [0.5, 0.6) is 5.75 Å². The van der Waals surface area contributed by atoms with Gasteiger partial charge in [-0.15, -0.1) is 0 Å². The molecule has 0 fully saturated rings. The van der Waals surface area contributed by atoms with E-state index in [-0.39, 0.29) is 6.61 Å². The zero-order valence-corrected chi connectivity index (χ0v) is 19.7. The number of esters is 1. The summed E-state index contributed by atoms with van der Waals surface area (Å²) in [4.78, 5) is 35.0. The Morgan fingerprint density at radius 2 is 1.88 bits per heavy atom. The highest BCUT2D eigenvalue weighted by Gasteiger charge is 2.23. The molecule has 0 saturated carbocycles. The Hall–Kier alpha value is -3.52. The predicted octanol–water partition coefficient (Wildman–Crippen LogP) is 5.31. The summed E-state index contributed by atoms with van der Waals surface area (Å²) in [5.74, 6) is -0.159. The van der Waals surface area contributed by atoms with Gasteiger partial charge in [0.05, 0.1) is 27.9 Å². The molecule has 0 spiro atoms. The van der Waals surface area contributed by atoms with Crippen molar-refractivity contribution >= 4 is 49.5 Å². The Balaban J connectivity index is 1.32. The molecule has 0 radical (unpaired) electrons. The number of anilines is 1. The fourth-order valence-corrected chi connectivity index (χ4v) is 5.27. The number of rotatable bonds is 6. The van der Waals surface area contributed by atoms with Gasteiger partial charge in [-0.25, -0.2) is 9.78 Å². The normalized spacial score (nSPS) is 13.3. The van der Waals surface area contributed by atoms with E-state index in [1.807, 2.05) is 49.4 Å². The Bertz CT molecular complexity index is 1380. The lowest BCUT2D eigenvalue weighted by Gasteiger charge is -2.14. The van der Waals surface area contributed by atoms with Crippen molar-refractivity contribution in [2.45, 2.75) is 39.0 Å². The fourth-order valence-electron chi connectivity index (χ4n) is 4.36. The molecule has 2 heterocycles. The van der Waals surface area contributed by atoms with Crippen LogP contribution in [0.1, 0.15) is 47.8 Å². The number of carbonyl (C=O) groups is 2. The highest BCUT2D eigenvalue weighted by Crippen LogP contribution is 2.30. The molecule has 1 amide bonds. The van der Waals surface area contributed by atoms with Gasteiger partial charge in [0.25, 0.3) is 5.91 Å². The summed E-state index contributed by atoms with van der Waals surface area (Å²) in [5, 5.41) is 3.96. The van der Waals surface area contributed by atoms with E-state index in [4.69, 9.17) is 14.5 Å². The number of carbonyl (C=O) groups excluding carboxylic acids is 2. The van der Waals surface area contributed by atoms with Crippen LogP contribution in [0, 0.1) is 0 Å². The number of amides is 1. The lowest BCUT2D eigenvalue weighted by Crippen LogP contribution is -2.22. The first kappa shape index (κ1) is 22.3. The van der Waals surface area contributed by atoms with Crippen molar-refractivity contribution in [3.63, 3.8) is 0 Å². The topological polar surface area (TPSA) is 90.4 Å². The molecule has 0 saturated heterocycles. The number of hydrogen-bond donors (Lipinski definition) is 1. The van der Waals surface area contributed by atoms with Gasteiger partial charge in [-0.3, -0.25) is 15.1 Å². The summed E-state index contributed by atoms with van der Waals surface area (Å²) < 4.78 is 11.9. The first-order valence-corrected chi connectivity index (χ1v) is 12.3. The first-order chi connectivity index (χ1) is 16.6. The Kier molecular flexibility index (Phi) is 6.40. The maximum absolute atomic E-state index is 13.2. The molecule has 0 atom stereocenters. The molecule has 1 aliphatic carbocycles. The minimum Gasteiger partial charge on any atom is -0.494 e. The van der Waals surface area contributed by atoms with Crippen molar-refractivity contribution in [1.82, 2.24) is 9.97 Å². The molecule has 8 heteroatoms. The molecule has 2 aromatic heterocycles. The lowest BCUT2D eigenvalue weighted by molar-refractivity contribution is -0.119. The second-order valence-electron chi connectivity index (χ2n) is 8.20. The number of fused-ring (bicyclic) bond motifs is 3. The smallest absolute Gasteiger partial charge is 0.339 e. The number of para-hydroxylation sites is 1. The lowest BCUT2D eigenvalue weighted by atomic mass is 9.97. The van der Waals surface area contributed by atoms with E-state index in [0.29, 0.717) is 17.3 Å². The third-order valence-corrected chi connectivity index (χ3v) is 6.81. The first-order valence-electron chi connectivity index (χ1n) is 11.5. The summed E-state index contributed by atoms with van der Waals surface area (Å²) in [7, 11) is 0. The van der Waals surface area contributed by atoms with Crippen molar-refractivity contribution in [2.75, 3.05) is 18.5 Å². The van der Waals surface area contributed by atoms with Crippen LogP contribution in [0.3, 0.4) is 0 Å². The minimum absolute atomic E-state index is 0.385. The largest absolute Gasteiger partial charge is 0.494 e. The molecule has 5 rings (SSSR count). The van der Waals surface area contributed by atoms with Crippen molar-refractivity contribution in [2.24, 2.45) is 0 Å². The van der Waals surface area contributed by atoms with Gasteiger partial charge in [0.15, 0.2) is 11.7 Å². The van der Waals surface area contributed by atoms with Gasteiger partial charge in [-0.2, -0.15) is 0 Å². The summed E-state index contributed by atoms with van der Waals surface area (Å²) in [6.45, 7) is 2.12. The van der Waals surface area contributed by atoms with Gasteiger partial charge in [-0.1, -0.05) is 36.0 Å². The number of nitrogens with zero attached hydrogens (tertiary/aromatic N) is 2. The van der Waals surface area contributed by atoms with Gasteiger partial charge in [0.1, 0.15) is 5.75 Å². The molecule has 7 nitrogen and oxygen atoms in total. The van der Waals surface area contributed by atoms with E-state index >= 15 is 0 Å². The number of hydrogen-bond acceptors (Lipinski definition) is 7. The molecular weight excluding hydrogens is 450 g/mol. The van der Waals surface area contributed by atoms with Crippen LogP contribution < -0.4 is 10.1 Å². The van der Waals surface area contributed by atoms with Crippen molar-refractivity contribution in [3.05, 3.63) is 59.3 Å². The average molecular weight is 476 g/mol. The maximum Gasteiger partial charge on any atom is 0.339 e. The fraction of sp³-hybridized carbons (Fsp3) is 0.308. The molecule has 4 aromatic rings. The van der Waals surface area contributed by atoms with Gasteiger partial charge in [0.2, 0.25) is 0 Å². The summed E-state index contributed by atoms with van der Waals surface area (Å²) >= 11 is 1.35. The molecule has 1 aliphatic rings. The third kappa shape index (κ3) is 4.59. The number of benzene rings is 2. The predicted molar refractivity (Wildman–Crippen MR) is 133 cm³/mol. The third-order valence-electron chi connectivity index (χ3n) is 5.88. The summed E-state index contributed by atoms with van der Waals surface area (Å²) in [6.07, 6.45) is 4.82. The van der Waals surface area contributed by atoms with Crippen molar-refractivity contribution in [1.29, 1.82) is 0 Å². The Morgan fingerprint density at radius 3 is 2.76 bits per heavy atom. The molecule has 0 aliphatic heterocycles. The van der Waals surface area contributed by atoms with Gasteiger partial charge in [-0.05, 0) is 62.4 Å². The van der Waals surface area contributed by atoms with E-state index in [9.17, 15) is 9.59 Å². The molecule has 174 valence electrons. The van der Waals surface area contributed by atoms with Crippen molar-refractivity contribution in [3.8, 4) is 5.75 Å². The second-order valence-corrected chi connectivity index (χ2v) is 9.23.